The first-order chi connectivity index (χ1) is 10.0. The molecule has 0 radical (unpaired) electrons. The summed E-state index contributed by atoms with van der Waals surface area (Å²) in [4.78, 5) is 26.2. The number of amides is 1. The van der Waals surface area contributed by atoms with Crippen molar-refractivity contribution in [2.24, 2.45) is 0 Å². The van der Waals surface area contributed by atoms with Crippen molar-refractivity contribution in [3.63, 3.8) is 0 Å². The van der Waals surface area contributed by atoms with Gasteiger partial charge in [-0.15, -0.1) is 0 Å². The number of benzene rings is 1. The van der Waals surface area contributed by atoms with Gasteiger partial charge in [-0.1, -0.05) is 11.6 Å². The van der Waals surface area contributed by atoms with Crippen LogP contribution in [0.5, 0.6) is 5.75 Å². The molecule has 21 heavy (non-hydrogen) atoms. The average molecular weight is 308 g/mol. The minimum absolute atomic E-state index is 0.0877. The Morgan fingerprint density at radius 2 is 2.14 bits per heavy atom. The standard InChI is InChI=1S/C13H10ClN3O4/c1-21-11-4-2-8(6-10(11)17(19)20)13(18)16-9-3-5-12(14)15-7-9/h2-7H,1H3,(H,16,18). The molecule has 0 fully saturated rings. The molecule has 0 atom stereocenters. The maximum atomic E-state index is 12.0. The highest BCUT2D eigenvalue weighted by Crippen LogP contribution is 2.27. The van der Waals surface area contributed by atoms with Gasteiger partial charge in [0.25, 0.3) is 5.91 Å². The molecule has 8 heteroatoms. The fraction of sp³-hybridized carbons (Fsp3) is 0.0769. The summed E-state index contributed by atoms with van der Waals surface area (Å²) in [5.41, 5.74) is 0.291. The number of hydrogen-bond donors (Lipinski definition) is 1. The Morgan fingerprint density at radius 3 is 2.71 bits per heavy atom. The van der Waals surface area contributed by atoms with Crippen molar-refractivity contribution >= 4 is 28.9 Å². The molecule has 0 aliphatic carbocycles. The quantitative estimate of drug-likeness (QED) is 0.532. The predicted molar refractivity (Wildman–Crippen MR) is 76.8 cm³/mol. The molecular weight excluding hydrogens is 298 g/mol. The Labute approximate surface area is 124 Å². The summed E-state index contributed by atoms with van der Waals surface area (Å²) in [6.45, 7) is 0. The molecule has 1 aromatic carbocycles. The Bertz CT molecular complexity index is 688. The third-order valence-electron chi connectivity index (χ3n) is 2.62. The van der Waals surface area contributed by atoms with Crippen LogP contribution in [-0.2, 0) is 0 Å². The van der Waals surface area contributed by atoms with E-state index in [0.29, 0.717) is 10.8 Å². The molecule has 7 nitrogen and oxygen atoms in total. The number of nitrogens with zero attached hydrogens (tertiary/aromatic N) is 2. The number of nitro benzene ring substituents is 1. The summed E-state index contributed by atoms with van der Waals surface area (Å²) in [5.74, 6) is -0.408. The molecular formula is C13H10ClN3O4. The maximum Gasteiger partial charge on any atom is 0.311 e. The smallest absolute Gasteiger partial charge is 0.311 e. The lowest BCUT2D eigenvalue weighted by atomic mass is 10.1. The van der Waals surface area contributed by atoms with E-state index in [1.165, 1.54) is 31.5 Å². The van der Waals surface area contributed by atoms with Crippen LogP contribution in [0.1, 0.15) is 10.4 Å². The van der Waals surface area contributed by atoms with E-state index in [4.69, 9.17) is 16.3 Å². The molecule has 0 bridgehead atoms. The van der Waals surface area contributed by atoms with Gasteiger partial charge in [-0.3, -0.25) is 14.9 Å². The van der Waals surface area contributed by atoms with Crippen molar-refractivity contribution in [2.45, 2.75) is 0 Å². The monoisotopic (exact) mass is 307 g/mol. The molecule has 1 heterocycles. The number of halogens is 1. The maximum absolute atomic E-state index is 12.0. The van der Waals surface area contributed by atoms with Crippen LogP contribution in [0, 0.1) is 10.1 Å². The minimum atomic E-state index is -0.612. The van der Waals surface area contributed by atoms with Crippen molar-refractivity contribution in [2.75, 3.05) is 12.4 Å². The fourth-order valence-corrected chi connectivity index (χ4v) is 1.74. The number of carbonyl (C=O) groups is 1. The van der Waals surface area contributed by atoms with Crippen molar-refractivity contribution < 1.29 is 14.5 Å². The first-order valence-electron chi connectivity index (χ1n) is 5.76. The second-order valence-electron chi connectivity index (χ2n) is 3.97. The van der Waals surface area contributed by atoms with Crippen LogP contribution in [0.2, 0.25) is 5.15 Å². The van der Waals surface area contributed by atoms with Gasteiger partial charge in [0.1, 0.15) is 5.15 Å². The zero-order chi connectivity index (χ0) is 15.4. The van der Waals surface area contributed by atoms with E-state index in [2.05, 4.69) is 10.3 Å². The van der Waals surface area contributed by atoms with Crippen LogP contribution >= 0.6 is 11.6 Å². The van der Waals surface area contributed by atoms with E-state index < -0.39 is 10.8 Å². The van der Waals surface area contributed by atoms with Gasteiger partial charge in [0.2, 0.25) is 0 Å². The number of carbonyl (C=O) groups excluding carboxylic acids is 1. The predicted octanol–water partition coefficient (Wildman–Crippen LogP) is 2.90. The largest absolute Gasteiger partial charge is 0.490 e. The van der Waals surface area contributed by atoms with E-state index in [1.54, 1.807) is 6.07 Å². The molecule has 1 aromatic heterocycles. The number of aromatic nitrogens is 1. The minimum Gasteiger partial charge on any atom is -0.490 e. The molecule has 1 amide bonds. The highest BCUT2D eigenvalue weighted by atomic mass is 35.5. The number of nitrogens with one attached hydrogen (secondary N) is 1. The van der Waals surface area contributed by atoms with Gasteiger partial charge in [-0.2, -0.15) is 0 Å². The molecule has 0 aliphatic heterocycles. The number of pyridine rings is 1. The Kier molecular flexibility index (Phi) is 4.34. The molecule has 0 saturated heterocycles. The second kappa shape index (κ2) is 6.19. The lowest BCUT2D eigenvalue weighted by molar-refractivity contribution is -0.385. The van der Waals surface area contributed by atoms with Gasteiger partial charge in [0.15, 0.2) is 5.75 Å². The highest BCUT2D eigenvalue weighted by Gasteiger charge is 2.18. The van der Waals surface area contributed by atoms with E-state index in [9.17, 15) is 14.9 Å². The van der Waals surface area contributed by atoms with Crippen molar-refractivity contribution in [1.29, 1.82) is 0 Å². The Hall–Kier alpha value is -2.67. The molecule has 108 valence electrons. The van der Waals surface area contributed by atoms with Gasteiger partial charge < -0.3 is 10.1 Å². The first kappa shape index (κ1) is 14.7. The molecule has 2 aromatic rings. The number of rotatable bonds is 4. The summed E-state index contributed by atoms with van der Waals surface area (Å²) in [6.07, 6.45) is 1.39. The number of hydrogen-bond acceptors (Lipinski definition) is 5. The van der Waals surface area contributed by atoms with E-state index >= 15 is 0 Å². The number of anilines is 1. The van der Waals surface area contributed by atoms with E-state index in [0.717, 1.165) is 6.07 Å². The summed E-state index contributed by atoms with van der Waals surface area (Å²) in [6, 6.07) is 7.05. The molecule has 0 aliphatic rings. The van der Waals surface area contributed by atoms with Crippen molar-refractivity contribution in [1.82, 2.24) is 4.98 Å². The topological polar surface area (TPSA) is 94.4 Å². The SMILES string of the molecule is COc1ccc(C(=O)Nc2ccc(Cl)nc2)cc1[N+](=O)[O-]. The van der Waals surface area contributed by atoms with E-state index in [-0.39, 0.29) is 17.0 Å². The van der Waals surface area contributed by atoms with Crippen LogP contribution in [-0.4, -0.2) is 22.9 Å². The fourth-order valence-electron chi connectivity index (χ4n) is 1.63. The summed E-state index contributed by atoms with van der Waals surface area (Å²) < 4.78 is 4.87. The van der Waals surface area contributed by atoms with Crippen LogP contribution < -0.4 is 10.1 Å². The van der Waals surface area contributed by atoms with Crippen LogP contribution in [0.4, 0.5) is 11.4 Å². The normalized spacial score (nSPS) is 10.0. The lowest BCUT2D eigenvalue weighted by Gasteiger charge is -2.06. The third-order valence-corrected chi connectivity index (χ3v) is 2.85. The third kappa shape index (κ3) is 3.46. The Morgan fingerprint density at radius 1 is 1.38 bits per heavy atom. The molecule has 0 unspecified atom stereocenters. The lowest BCUT2D eigenvalue weighted by Crippen LogP contribution is -2.12. The average Bonchev–Trinajstić information content (AvgIpc) is 2.48. The Balaban J connectivity index is 2.25. The number of methoxy groups -OCH3 is 1. The van der Waals surface area contributed by atoms with E-state index in [1.807, 2.05) is 0 Å². The van der Waals surface area contributed by atoms with Gasteiger partial charge >= 0.3 is 5.69 Å². The summed E-state index contributed by atoms with van der Waals surface area (Å²) in [5, 5.41) is 13.8. The molecule has 1 N–H and O–H groups in total. The summed E-state index contributed by atoms with van der Waals surface area (Å²) in [7, 11) is 1.32. The van der Waals surface area contributed by atoms with Gasteiger partial charge in [-0.05, 0) is 24.3 Å². The van der Waals surface area contributed by atoms with Gasteiger partial charge in [0, 0.05) is 11.6 Å². The molecule has 0 saturated carbocycles. The molecule has 2 rings (SSSR count). The molecule has 0 spiro atoms. The zero-order valence-corrected chi connectivity index (χ0v) is 11.6. The van der Waals surface area contributed by atoms with Crippen LogP contribution in [0.15, 0.2) is 36.5 Å². The number of nitro groups is 1. The van der Waals surface area contributed by atoms with Crippen LogP contribution in [0.25, 0.3) is 0 Å². The van der Waals surface area contributed by atoms with Crippen molar-refractivity contribution in [3.05, 3.63) is 57.4 Å². The first-order valence-corrected chi connectivity index (χ1v) is 6.14. The van der Waals surface area contributed by atoms with Gasteiger partial charge in [0.05, 0.1) is 23.9 Å². The number of ether oxygens (including phenoxy) is 1. The van der Waals surface area contributed by atoms with Crippen molar-refractivity contribution in [3.8, 4) is 5.75 Å². The summed E-state index contributed by atoms with van der Waals surface area (Å²) >= 11 is 5.64. The highest BCUT2D eigenvalue weighted by molar-refractivity contribution is 6.29. The zero-order valence-electron chi connectivity index (χ0n) is 10.9. The second-order valence-corrected chi connectivity index (χ2v) is 4.35. The van der Waals surface area contributed by atoms with Crippen LogP contribution in [0.3, 0.4) is 0 Å². The van der Waals surface area contributed by atoms with Gasteiger partial charge in [-0.25, -0.2) is 4.98 Å².